The molecule has 2 amide bonds. The number of carbonyl (C=O) groups excluding carboxylic acids is 2. The van der Waals surface area contributed by atoms with Crippen molar-refractivity contribution < 1.29 is 9.59 Å². The van der Waals surface area contributed by atoms with Crippen molar-refractivity contribution in [3.05, 3.63) is 143 Å². The number of hydrogen-bond acceptors (Lipinski definition) is 4. The Morgan fingerprint density at radius 3 is 2.13 bits per heavy atom. The lowest BCUT2D eigenvalue weighted by Crippen LogP contribution is -2.43. The van der Waals surface area contributed by atoms with Crippen LogP contribution >= 0.6 is 0 Å². The normalized spacial score (nSPS) is 16.2. The fourth-order valence-corrected chi connectivity index (χ4v) is 5.47. The zero-order valence-corrected chi connectivity index (χ0v) is 21.0. The molecule has 4 aromatic carbocycles. The lowest BCUT2D eigenvalue weighted by Gasteiger charge is -2.29. The molecule has 0 aromatic heterocycles. The Labute approximate surface area is 222 Å². The van der Waals surface area contributed by atoms with E-state index in [9.17, 15) is 9.59 Å². The van der Waals surface area contributed by atoms with Gasteiger partial charge in [0.1, 0.15) is 0 Å². The first-order chi connectivity index (χ1) is 18.6. The van der Waals surface area contributed by atoms with Crippen LogP contribution < -0.4 is 5.73 Å². The van der Waals surface area contributed by atoms with Gasteiger partial charge in [-0.2, -0.15) is 0 Å². The molecule has 0 spiro atoms. The fraction of sp³-hybridized carbons (Fsp3) is 0.156. The number of nitrogens with zero attached hydrogens (tertiary/aromatic N) is 3. The molecule has 4 aromatic rings. The van der Waals surface area contributed by atoms with E-state index in [1.54, 1.807) is 0 Å². The number of guanidine groups is 1. The van der Waals surface area contributed by atoms with E-state index in [4.69, 9.17) is 10.7 Å². The van der Waals surface area contributed by atoms with Gasteiger partial charge in [0, 0.05) is 18.7 Å². The molecule has 0 saturated heterocycles. The van der Waals surface area contributed by atoms with Crippen LogP contribution in [-0.4, -0.2) is 34.1 Å². The molecule has 0 saturated carbocycles. The van der Waals surface area contributed by atoms with Crippen LogP contribution in [0.15, 0.2) is 114 Å². The monoisotopic (exact) mass is 500 g/mol. The van der Waals surface area contributed by atoms with Gasteiger partial charge in [0.15, 0.2) is 11.5 Å². The van der Waals surface area contributed by atoms with E-state index in [-0.39, 0.29) is 24.3 Å². The number of benzene rings is 4. The molecule has 0 aliphatic carbocycles. The number of fused-ring (bicyclic) bond motifs is 1. The average Bonchev–Trinajstić information content (AvgIpc) is 3.23. The van der Waals surface area contributed by atoms with Crippen molar-refractivity contribution in [2.24, 2.45) is 10.7 Å². The van der Waals surface area contributed by atoms with Gasteiger partial charge in [-0.1, -0.05) is 97.1 Å². The smallest absolute Gasteiger partial charge is 0.266 e. The van der Waals surface area contributed by atoms with Crippen molar-refractivity contribution in [3.8, 4) is 0 Å². The molecule has 0 unspecified atom stereocenters. The number of aliphatic imine (C=N–C) groups is 1. The average molecular weight is 501 g/mol. The second-order valence-electron chi connectivity index (χ2n) is 9.75. The summed E-state index contributed by atoms with van der Waals surface area (Å²) < 4.78 is 0. The largest absolute Gasteiger partial charge is 0.369 e. The third-order valence-electron chi connectivity index (χ3n) is 7.43. The highest BCUT2D eigenvalue weighted by atomic mass is 16.2. The zero-order chi connectivity index (χ0) is 26.1. The van der Waals surface area contributed by atoms with E-state index in [0.717, 1.165) is 23.1 Å². The first-order valence-corrected chi connectivity index (χ1v) is 12.8. The van der Waals surface area contributed by atoms with Crippen LogP contribution in [0.1, 0.15) is 38.2 Å². The molecule has 6 rings (SSSR count). The number of carbonyl (C=O) groups is 2. The minimum Gasteiger partial charge on any atom is -0.369 e. The van der Waals surface area contributed by atoms with Crippen LogP contribution in [0.2, 0.25) is 0 Å². The van der Waals surface area contributed by atoms with Crippen LogP contribution in [0.4, 0.5) is 0 Å². The molecule has 0 radical (unpaired) electrons. The Morgan fingerprint density at radius 1 is 0.816 bits per heavy atom. The molecule has 188 valence electrons. The third kappa shape index (κ3) is 4.04. The van der Waals surface area contributed by atoms with Gasteiger partial charge in [0.05, 0.1) is 6.54 Å². The summed E-state index contributed by atoms with van der Waals surface area (Å²) in [5, 5.41) is 0. The minimum atomic E-state index is -1.25. The van der Waals surface area contributed by atoms with Crippen molar-refractivity contribution in [2.45, 2.75) is 25.0 Å². The van der Waals surface area contributed by atoms with Crippen molar-refractivity contribution in [3.63, 3.8) is 0 Å². The van der Waals surface area contributed by atoms with E-state index in [1.165, 1.54) is 16.0 Å². The summed E-state index contributed by atoms with van der Waals surface area (Å²) in [7, 11) is 0. The van der Waals surface area contributed by atoms with Gasteiger partial charge in [0.2, 0.25) is 0 Å². The lowest BCUT2D eigenvalue weighted by molar-refractivity contribution is -0.130. The molecule has 0 bridgehead atoms. The summed E-state index contributed by atoms with van der Waals surface area (Å²) in [6.45, 7) is 1.50. The van der Waals surface area contributed by atoms with Crippen molar-refractivity contribution in [1.29, 1.82) is 0 Å². The summed E-state index contributed by atoms with van der Waals surface area (Å²) in [6.07, 6.45) is 0.845. The lowest BCUT2D eigenvalue weighted by atomic mass is 9.83. The summed E-state index contributed by atoms with van der Waals surface area (Å²) in [4.78, 5) is 35.6. The van der Waals surface area contributed by atoms with Crippen LogP contribution in [0.5, 0.6) is 0 Å². The first-order valence-electron chi connectivity index (χ1n) is 12.8. The Bertz CT molecular complexity index is 1490. The minimum absolute atomic E-state index is 0.0151. The van der Waals surface area contributed by atoms with Crippen molar-refractivity contribution in [1.82, 2.24) is 9.80 Å². The summed E-state index contributed by atoms with van der Waals surface area (Å²) in [6, 6.07) is 34.7. The van der Waals surface area contributed by atoms with E-state index >= 15 is 0 Å². The highest BCUT2D eigenvalue weighted by molar-refractivity contribution is 6.09. The molecule has 2 N–H and O–H groups in total. The molecule has 2 heterocycles. The maximum atomic E-state index is 14.1. The van der Waals surface area contributed by atoms with Crippen LogP contribution in [-0.2, 0) is 29.8 Å². The van der Waals surface area contributed by atoms with Crippen LogP contribution in [0.25, 0.3) is 0 Å². The zero-order valence-electron chi connectivity index (χ0n) is 21.0. The number of rotatable bonds is 5. The van der Waals surface area contributed by atoms with Gasteiger partial charge in [-0.15, -0.1) is 0 Å². The van der Waals surface area contributed by atoms with E-state index < -0.39 is 5.54 Å². The Balaban J connectivity index is 1.27. The highest BCUT2D eigenvalue weighted by Crippen LogP contribution is 2.40. The molecule has 38 heavy (non-hydrogen) atoms. The Kier molecular flexibility index (Phi) is 6.00. The molecule has 0 fully saturated rings. The molecule has 6 heteroatoms. The molecule has 0 atom stereocenters. The predicted molar refractivity (Wildman–Crippen MR) is 147 cm³/mol. The number of nitrogens with two attached hydrogens (primary N) is 1. The number of hydrogen-bond donors (Lipinski definition) is 1. The van der Waals surface area contributed by atoms with Gasteiger partial charge < -0.3 is 10.6 Å². The van der Waals surface area contributed by atoms with Gasteiger partial charge in [0.25, 0.3) is 11.8 Å². The third-order valence-corrected chi connectivity index (χ3v) is 7.43. The quantitative estimate of drug-likeness (QED) is 0.439. The first kappa shape index (κ1) is 23.7. The topological polar surface area (TPSA) is 79.0 Å². The van der Waals surface area contributed by atoms with Gasteiger partial charge in [-0.25, -0.2) is 4.99 Å². The summed E-state index contributed by atoms with van der Waals surface area (Å²) in [5.74, 6) is -0.0671. The van der Waals surface area contributed by atoms with Gasteiger partial charge >= 0.3 is 0 Å². The van der Waals surface area contributed by atoms with E-state index in [0.29, 0.717) is 18.7 Å². The van der Waals surface area contributed by atoms with E-state index in [2.05, 4.69) is 12.1 Å². The molecular formula is C32H28N4O2. The maximum Gasteiger partial charge on any atom is 0.266 e. The Hall–Kier alpha value is -4.71. The van der Waals surface area contributed by atoms with Crippen molar-refractivity contribution >= 4 is 17.8 Å². The maximum absolute atomic E-state index is 14.1. The molecule has 2 aliphatic rings. The SMILES string of the molecule is NC1=NC(c2ccccc2)(c2ccccc2)C(=O)N1Cc1cccc(C(=O)N2CCc3ccccc3C2)c1. The fourth-order valence-electron chi connectivity index (χ4n) is 5.47. The standard InChI is InChI=1S/C32H28N4O2/c33-31-34-32(27-14-3-1-4-15-27,28-16-5-2-6-17-28)30(38)36(31)21-23-10-9-13-25(20-23)29(37)35-19-18-24-11-7-8-12-26(24)22-35/h1-17,20H,18-19,21-22H2,(H2,33,34). The van der Waals surface area contributed by atoms with Crippen LogP contribution in [0, 0.1) is 0 Å². The molecule has 2 aliphatic heterocycles. The molecule has 6 nitrogen and oxygen atoms in total. The van der Waals surface area contributed by atoms with Crippen molar-refractivity contribution in [2.75, 3.05) is 6.54 Å². The Morgan fingerprint density at radius 2 is 1.45 bits per heavy atom. The highest BCUT2D eigenvalue weighted by Gasteiger charge is 2.50. The summed E-state index contributed by atoms with van der Waals surface area (Å²) in [5.41, 5.74) is 10.6. The van der Waals surface area contributed by atoms with Gasteiger partial charge in [-0.05, 0) is 46.4 Å². The van der Waals surface area contributed by atoms with E-state index in [1.807, 2.05) is 102 Å². The van der Waals surface area contributed by atoms with Crippen LogP contribution in [0.3, 0.4) is 0 Å². The van der Waals surface area contributed by atoms with Gasteiger partial charge in [-0.3, -0.25) is 14.5 Å². The second-order valence-corrected chi connectivity index (χ2v) is 9.75. The molecular weight excluding hydrogens is 472 g/mol. The number of amides is 2. The predicted octanol–water partition coefficient (Wildman–Crippen LogP) is 4.49. The summed E-state index contributed by atoms with van der Waals surface area (Å²) >= 11 is 0. The second kappa shape index (κ2) is 9.63.